The van der Waals surface area contributed by atoms with E-state index in [2.05, 4.69) is 15.0 Å². The number of ether oxygens (including phenoxy) is 1. The van der Waals surface area contributed by atoms with E-state index in [0.29, 0.717) is 10.6 Å². The van der Waals surface area contributed by atoms with E-state index in [-0.39, 0.29) is 11.8 Å². The minimum Gasteiger partial charge on any atom is -0.467 e. The first kappa shape index (κ1) is 13.6. The van der Waals surface area contributed by atoms with Crippen molar-refractivity contribution < 1.29 is 14.3 Å². The van der Waals surface area contributed by atoms with Gasteiger partial charge in [-0.3, -0.25) is 4.79 Å². The van der Waals surface area contributed by atoms with Crippen LogP contribution in [-0.2, 0) is 9.53 Å². The summed E-state index contributed by atoms with van der Waals surface area (Å²) in [5.41, 5.74) is 2.27. The van der Waals surface area contributed by atoms with Crippen LogP contribution in [0.25, 0.3) is 0 Å². The first-order valence-electron chi connectivity index (χ1n) is 5.26. The van der Waals surface area contributed by atoms with Gasteiger partial charge in [-0.25, -0.2) is 9.78 Å². The zero-order chi connectivity index (χ0) is 13.0. The van der Waals surface area contributed by atoms with E-state index >= 15 is 0 Å². The normalized spacial score (nSPS) is 12.3. The lowest BCUT2D eigenvalue weighted by atomic mass is 10.0. The highest BCUT2D eigenvalue weighted by Gasteiger charge is 2.26. The van der Waals surface area contributed by atoms with Gasteiger partial charge in [-0.1, -0.05) is 13.8 Å². The molecular weight excluding hydrogens is 240 g/mol. The van der Waals surface area contributed by atoms with Gasteiger partial charge in [0.1, 0.15) is 10.9 Å². The first-order chi connectivity index (χ1) is 7.97. The summed E-state index contributed by atoms with van der Waals surface area (Å²) in [4.78, 5) is 27.9. The maximum absolute atomic E-state index is 11.9. The Balaban J connectivity index is 2.78. The quantitative estimate of drug-likeness (QED) is 0.826. The highest BCUT2D eigenvalue weighted by molar-refractivity contribution is 7.11. The minimum atomic E-state index is -0.631. The summed E-state index contributed by atoms with van der Waals surface area (Å²) in [6.45, 7) is 5.46. The molecule has 1 N–H and O–H groups in total. The number of carbonyl (C=O) groups is 2. The van der Waals surface area contributed by atoms with E-state index in [0.717, 1.165) is 0 Å². The summed E-state index contributed by atoms with van der Waals surface area (Å²) in [5.74, 6) is -0.746. The minimum absolute atomic E-state index is 0.0281. The molecule has 0 radical (unpaired) electrons. The Bertz CT molecular complexity index is 415. The Morgan fingerprint density at radius 3 is 2.53 bits per heavy atom. The molecule has 0 aromatic carbocycles. The molecule has 0 aliphatic heterocycles. The van der Waals surface area contributed by atoms with Crippen molar-refractivity contribution in [3.8, 4) is 0 Å². The highest BCUT2D eigenvalue weighted by Crippen LogP contribution is 2.13. The molecule has 1 atom stereocenters. The molecule has 0 saturated heterocycles. The van der Waals surface area contributed by atoms with Crippen molar-refractivity contribution in [3.63, 3.8) is 0 Å². The molecule has 5 nitrogen and oxygen atoms in total. The van der Waals surface area contributed by atoms with Crippen LogP contribution in [0, 0.1) is 12.8 Å². The highest BCUT2D eigenvalue weighted by atomic mass is 32.1. The molecule has 17 heavy (non-hydrogen) atoms. The Labute approximate surface area is 104 Å². The fourth-order valence-electron chi connectivity index (χ4n) is 1.35. The second-order valence-electron chi connectivity index (χ2n) is 3.99. The van der Waals surface area contributed by atoms with Crippen molar-refractivity contribution in [2.75, 3.05) is 7.11 Å². The third-order valence-corrected chi connectivity index (χ3v) is 3.29. The lowest BCUT2D eigenvalue weighted by molar-refractivity contribution is -0.144. The van der Waals surface area contributed by atoms with Gasteiger partial charge in [0.25, 0.3) is 5.91 Å². The Hall–Kier alpha value is -1.43. The van der Waals surface area contributed by atoms with Crippen LogP contribution in [0.15, 0.2) is 5.51 Å². The number of carbonyl (C=O) groups excluding carboxylic acids is 2. The van der Waals surface area contributed by atoms with Crippen LogP contribution in [0.1, 0.15) is 29.2 Å². The summed E-state index contributed by atoms with van der Waals surface area (Å²) in [6, 6.07) is -0.631. The van der Waals surface area contributed by atoms with E-state index in [9.17, 15) is 9.59 Å². The zero-order valence-electron chi connectivity index (χ0n) is 10.3. The fraction of sp³-hybridized carbons (Fsp3) is 0.545. The maximum atomic E-state index is 11.9. The number of amides is 1. The van der Waals surface area contributed by atoms with Gasteiger partial charge in [-0.05, 0) is 12.8 Å². The molecule has 0 saturated carbocycles. The van der Waals surface area contributed by atoms with Gasteiger partial charge in [0, 0.05) is 0 Å². The fourth-order valence-corrected chi connectivity index (χ4v) is 2.06. The van der Waals surface area contributed by atoms with Gasteiger partial charge in [0.15, 0.2) is 0 Å². The predicted octanol–water partition coefficient (Wildman–Crippen LogP) is 1.38. The maximum Gasteiger partial charge on any atom is 0.328 e. The lowest BCUT2D eigenvalue weighted by Gasteiger charge is -2.19. The van der Waals surface area contributed by atoms with Crippen molar-refractivity contribution in [2.45, 2.75) is 26.8 Å². The largest absolute Gasteiger partial charge is 0.467 e. The smallest absolute Gasteiger partial charge is 0.328 e. The summed E-state index contributed by atoms with van der Waals surface area (Å²) in [5, 5.41) is 2.67. The predicted molar refractivity (Wildman–Crippen MR) is 65.0 cm³/mol. The van der Waals surface area contributed by atoms with Crippen molar-refractivity contribution in [1.29, 1.82) is 0 Å². The van der Waals surface area contributed by atoms with E-state index in [1.807, 2.05) is 13.8 Å². The summed E-state index contributed by atoms with van der Waals surface area (Å²) in [6.07, 6.45) is 0. The van der Waals surface area contributed by atoms with Crippen LogP contribution in [0.5, 0.6) is 0 Å². The average Bonchev–Trinajstić information content (AvgIpc) is 2.70. The van der Waals surface area contributed by atoms with E-state index in [1.165, 1.54) is 18.4 Å². The molecule has 94 valence electrons. The summed E-state index contributed by atoms with van der Waals surface area (Å²) in [7, 11) is 1.31. The van der Waals surface area contributed by atoms with Crippen molar-refractivity contribution >= 4 is 23.2 Å². The third-order valence-electron chi connectivity index (χ3n) is 2.36. The molecule has 0 fully saturated rings. The molecule has 1 aromatic heterocycles. The van der Waals surface area contributed by atoms with Crippen LogP contribution in [0.3, 0.4) is 0 Å². The van der Waals surface area contributed by atoms with Crippen molar-refractivity contribution in [3.05, 3.63) is 16.1 Å². The zero-order valence-corrected chi connectivity index (χ0v) is 11.1. The second-order valence-corrected chi connectivity index (χ2v) is 4.84. The van der Waals surface area contributed by atoms with Crippen LogP contribution in [0.2, 0.25) is 0 Å². The van der Waals surface area contributed by atoms with Crippen molar-refractivity contribution in [1.82, 2.24) is 10.3 Å². The van der Waals surface area contributed by atoms with E-state index in [4.69, 9.17) is 0 Å². The van der Waals surface area contributed by atoms with Gasteiger partial charge in [0.2, 0.25) is 0 Å². The molecule has 0 spiro atoms. The van der Waals surface area contributed by atoms with Crippen LogP contribution < -0.4 is 5.32 Å². The lowest BCUT2D eigenvalue weighted by Crippen LogP contribution is -2.44. The molecule has 1 rings (SSSR count). The van der Waals surface area contributed by atoms with Crippen LogP contribution in [0.4, 0.5) is 0 Å². The number of nitrogens with zero attached hydrogens (tertiary/aromatic N) is 1. The number of aromatic nitrogens is 1. The van der Waals surface area contributed by atoms with Crippen LogP contribution in [-0.4, -0.2) is 30.0 Å². The number of esters is 1. The van der Waals surface area contributed by atoms with Crippen LogP contribution >= 0.6 is 11.3 Å². The Kier molecular flexibility index (Phi) is 4.62. The molecule has 1 aromatic rings. The molecule has 0 aliphatic rings. The molecule has 1 unspecified atom stereocenters. The topological polar surface area (TPSA) is 68.3 Å². The number of nitrogens with one attached hydrogen (secondary N) is 1. The van der Waals surface area contributed by atoms with Gasteiger partial charge >= 0.3 is 5.97 Å². The monoisotopic (exact) mass is 256 g/mol. The number of thiazole rings is 1. The van der Waals surface area contributed by atoms with E-state index < -0.39 is 12.0 Å². The van der Waals surface area contributed by atoms with Gasteiger partial charge in [-0.2, -0.15) is 0 Å². The standard InChI is InChI=1S/C11H16N2O3S/c1-6(2)8(11(15)16-4)13-10(14)9-7(3)12-5-17-9/h5-6,8H,1-4H3,(H,13,14). The summed E-state index contributed by atoms with van der Waals surface area (Å²) >= 11 is 1.26. The summed E-state index contributed by atoms with van der Waals surface area (Å²) < 4.78 is 4.66. The van der Waals surface area contributed by atoms with Gasteiger partial charge in [0.05, 0.1) is 18.3 Å². The average molecular weight is 256 g/mol. The van der Waals surface area contributed by atoms with E-state index in [1.54, 1.807) is 12.4 Å². The number of hydrogen-bond donors (Lipinski definition) is 1. The number of rotatable bonds is 4. The molecule has 1 heterocycles. The van der Waals surface area contributed by atoms with Crippen molar-refractivity contribution in [2.24, 2.45) is 5.92 Å². The van der Waals surface area contributed by atoms with Gasteiger partial charge < -0.3 is 10.1 Å². The Morgan fingerprint density at radius 2 is 2.12 bits per heavy atom. The SMILES string of the molecule is COC(=O)C(NC(=O)c1scnc1C)C(C)C. The number of hydrogen-bond acceptors (Lipinski definition) is 5. The Morgan fingerprint density at radius 1 is 1.47 bits per heavy atom. The molecule has 0 bridgehead atoms. The number of aryl methyl sites for hydroxylation is 1. The first-order valence-corrected chi connectivity index (χ1v) is 6.14. The molecular formula is C11H16N2O3S. The molecule has 1 amide bonds. The third kappa shape index (κ3) is 3.26. The van der Waals surface area contributed by atoms with Gasteiger partial charge in [-0.15, -0.1) is 11.3 Å². The molecule has 0 aliphatic carbocycles. The second kappa shape index (κ2) is 5.77. The number of methoxy groups -OCH3 is 1. The molecule has 6 heteroatoms.